The molecular formula is C13H10O5. The Morgan fingerprint density at radius 3 is 1.78 bits per heavy atom. The van der Waals surface area contributed by atoms with Crippen molar-refractivity contribution in [3.05, 3.63) is 47.5 Å². The third-order valence-corrected chi connectivity index (χ3v) is 2.46. The summed E-state index contributed by atoms with van der Waals surface area (Å²) in [5.41, 5.74) is 0.325. The minimum absolute atomic E-state index is 0.0305. The highest BCUT2D eigenvalue weighted by Crippen LogP contribution is 2.35. The molecule has 4 N–H and O–H groups in total. The summed E-state index contributed by atoms with van der Waals surface area (Å²) >= 11 is 0. The predicted molar refractivity (Wildman–Crippen MR) is 63.0 cm³/mol. The second-order valence-electron chi connectivity index (χ2n) is 3.74. The lowest BCUT2D eigenvalue weighted by Gasteiger charge is -2.05. The molecule has 5 heteroatoms. The molecule has 2 rings (SSSR count). The molecule has 92 valence electrons. The first-order chi connectivity index (χ1) is 8.49. The molecule has 0 saturated carbocycles. The van der Waals surface area contributed by atoms with Crippen molar-refractivity contribution in [3.8, 4) is 23.0 Å². The summed E-state index contributed by atoms with van der Waals surface area (Å²) in [6.45, 7) is 0. The molecule has 0 aliphatic rings. The fourth-order valence-corrected chi connectivity index (χ4v) is 1.51. The first-order valence-corrected chi connectivity index (χ1v) is 5.07. The molecule has 0 aromatic heterocycles. The number of rotatable bonds is 2. The summed E-state index contributed by atoms with van der Waals surface area (Å²) in [5.74, 6) is -2.23. The van der Waals surface area contributed by atoms with Crippen LogP contribution in [0.15, 0.2) is 36.4 Å². The van der Waals surface area contributed by atoms with Gasteiger partial charge in [0.25, 0.3) is 0 Å². The van der Waals surface area contributed by atoms with Crippen LogP contribution in [0.2, 0.25) is 0 Å². The molecule has 0 amide bonds. The van der Waals surface area contributed by atoms with Crippen molar-refractivity contribution in [1.29, 1.82) is 0 Å². The van der Waals surface area contributed by atoms with Crippen molar-refractivity contribution in [2.24, 2.45) is 0 Å². The number of benzene rings is 2. The zero-order chi connectivity index (χ0) is 13.3. The van der Waals surface area contributed by atoms with Gasteiger partial charge >= 0.3 is 0 Å². The summed E-state index contributed by atoms with van der Waals surface area (Å²) in [6, 6.07) is 7.66. The van der Waals surface area contributed by atoms with Gasteiger partial charge in [0.15, 0.2) is 23.0 Å². The van der Waals surface area contributed by atoms with Gasteiger partial charge in [-0.25, -0.2) is 0 Å². The molecule has 0 aliphatic heterocycles. The van der Waals surface area contributed by atoms with E-state index in [0.29, 0.717) is 0 Å². The SMILES string of the molecule is O=C(c1ccc(O)cc1)c1cc(O)c(O)c(O)c1. The van der Waals surface area contributed by atoms with Crippen molar-refractivity contribution in [1.82, 2.24) is 0 Å². The second kappa shape index (κ2) is 4.29. The summed E-state index contributed by atoms with van der Waals surface area (Å²) < 4.78 is 0. The van der Waals surface area contributed by atoms with Crippen LogP contribution in [0.3, 0.4) is 0 Å². The number of ketones is 1. The van der Waals surface area contributed by atoms with Crippen LogP contribution in [-0.4, -0.2) is 26.2 Å². The van der Waals surface area contributed by atoms with Crippen LogP contribution < -0.4 is 0 Å². The molecular weight excluding hydrogens is 236 g/mol. The molecule has 0 fully saturated rings. The molecule has 0 bridgehead atoms. The van der Waals surface area contributed by atoms with Gasteiger partial charge in [-0.1, -0.05) is 0 Å². The van der Waals surface area contributed by atoms with Crippen LogP contribution in [-0.2, 0) is 0 Å². The lowest BCUT2D eigenvalue weighted by atomic mass is 10.0. The van der Waals surface area contributed by atoms with Gasteiger partial charge in [-0.2, -0.15) is 0 Å². The van der Waals surface area contributed by atoms with E-state index in [1.54, 1.807) is 0 Å². The minimum Gasteiger partial charge on any atom is -0.508 e. The molecule has 0 aliphatic carbocycles. The standard InChI is InChI=1S/C13H10O5/c14-9-3-1-7(2-4-9)12(17)8-5-10(15)13(18)11(16)6-8/h1-6,14-16,18H. The lowest BCUT2D eigenvalue weighted by molar-refractivity contribution is 0.103. The monoisotopic (exact) mass is 246 g/mol. The number of hydrogen-bond acceptors (Lipinski definition) is 5. The molecule has 2 aromatic carbocycles. The van der Waals surface area contributed by atoms with Gasteiger partial charge in [0.2, 0.25) is 0 Å². The Balaban J connectivity index is 2.43. The maximum absolute atomic E-state index is 12.0. The van der Waals surface area contributed by atoms with E-state index in [1.807, 2.05) is 0 Å². The summed E-state index contributed by atoms with van der Waals surface area (Å²) in [5, 5.41) is 36.9. The molecule has 0 spiro atoms. The van der Waals surface area contributed by atoms with Crippen molar-refractivity contribution in [2.75, 3.05) is 0 Å². The Labute approximate surface area is 102 Å². The van der Waals surface area contributed by atoms with Crippen LogP contribution in [0.1, 0.15) is 15.9 Å². The van der Waals surface area contributed by atoms with E-state index >= 15 is 0 Å². The lowest BCUT2D eigenvalue weighted by Crippen LogP contribution is -2.00. The molecule has 2 aromatic rings. The number of phenolic OH excluding ortho intramolecular Hbond substituents is 4. The van der Waals surface area contributed by atoms with Gasteiger partial charge in [-0.15, -0.1) is 0 Å². The van der Waals surface area contributed by atoms with E-state index in [9.17, 15) is 20.1 Å². The van der Waals surface area contributed by atoms with E-state index < -0.39 is 23.0 Å². The molecule has 5 nitrogen and oxygen atoms in total. The summed E-state index contributed by atoms with van der Waals surface area (Å²) in [6.07, 6.45) is 0. The molecule has 0 atom stereocenters. The smallest absolute Gasteiger partial charge is 0.200 e. The fourth-order valence-electron chi connectivity index (χ4n) is 1.51. The maximum atomic E-state index is 12.0. The zero-order valence-electron chi connectivity index (χ0n) is 9.16. The van der Waals surface area contributed by atoms with Crippen LogP contribution in [0, 0.1) is 0 Å². The minimum atomic E-state index is -0.669. The molecule has 0 saturated heterocycles. The highest BCUT2D eigenvalue weighted by molar-refractivity contribution is 6.09. The van der Waals surface area contributed by atoms with Crippen LogP contribution in [0.4, 0.5) is 0 Å². The van der Waals surface area contributed by atoms with E-state index in [-0.39, 0.29) is 16.9 Å². The van der Waals surface area contributed by atoms with Crippen molar-refractivity contribution in [2.45, 2.75) is 0 Å². The largest absolute Gasteiger partial charge is 0.508 e. The quantitative estimate of drug-likeness (QED) is 0.478. The Hall–Kier alpha value is -2.69. The Morgan fingerprint density at radius 2 is 1.28 bits per heavy atom. The highest BCUT2D eigenvalue weighted by Gasteiger charge is 2.14. The fraction of sp³-hybridized carbons (Fsp3) is 0. The van der Waals surface area contributed by atoms with E-state index in [0.717, 1.165) is 12.1 Å². The number of phenols is 4. The average molecular weight is 246 g/mol. The Kier molecular flexibility index (Phi) is 2.81. The second-order valence-corrected chi connectivity index (χ2v) is 3.74. The van der Waals surface area contributed by atoms with E-state index in [2.05, 4.69) is 0 Å². The van der Waals surface area contributed by atoms with Crippen LogP contribution in [0.25, 0.3) is 0 Å². The summed E-state index contributed by atoms with van der Waals surface area (Å²) in [7, 11) is 0. The average Bonchev–Trinajstić information content (AvgIpc) is 2.35. The Bertz CT molecular complexity index is 578. The highest BCUT2D eigenvalue weighted by atomic mass is 16.3. The number of carbonyl (C=O) groups is 1. The molecule has 0 heterocycles. The number of carbonyl (C=O) groups excluding carboxylic acids is 1. The molecule has 0 unspecified atom stereocenters. The van der Waals surface area contributed by atoms with Gasteiger partial charge in [0.1, 0.15) is 5.75 Å². The predicted octanol–water partition coefficient (Wildman–Crippen LogP) is 1.74. The zero-order valence-corrected chi connectivity index (χ0v) is 9.16. The van der Waals surface area contributed by atoms with Crippen molar-refractivity contribution < 1.29 is 25.2 Å². The first-order valence-electron chi connectivity index (χ1n) is 5.07. The van der Waals surface area contributed by atoms with Gasteiger partial charge in [-0.3, -0.25) is 4.79 Å². The number of hydrogen-bond donors (Lipinski definition) is 4. The Morgan fingerprint density at radius 1 is 0.778 bits per heavy atom. The van der Waals surface area contributed by atoms with Gasteiger partial charge in [0, 0.05) is 11.1 Å². The first kappa shape index (κ1) is 11.8. The number of aromatic hydroxyl groups is 4. The molecule has 18 heavy (non-hydrogen) atoms. The van der Waals surface area contributed by atoms with E-state index in [1.165, 1.54) is 24.3 Å². The van der Waals surface area contributed by atoms with Gasteiger partial charge in [-0.05, 0) is 36.4 Å². The summed E-state index contributed by atoms with van der Waals surface area (Å²) in [4.78, 5) is 12.0. The maximum Gasteiger partial charge on any atom is 0.200 e. The third kappa shape index (κ3) is 2.06. The topological polar surface area (TPSA) is 98.0 Å². The van der Waals surface area contributed by atoms with Crippen LogP contribution in [0.5, 0.6) is 23.0 Å². The van der Waals surface area contributed by atoms with Gasteiger partial charge < -0.3 is 20.4 Å². The van der Waals surface area contributed by atoms with Crippen LogP contribution >= 0.6 is 0 Å². The van der Waals surface area contributed by atoms with Gasteiger partial charge in [0.05, 0.1) is 0 Å². The van der Waals surface area contributed by atoms with Crippen molar-refractivity contribution in [3.63, 3.8) is 0 Å². The third-order valence-electron chi connectivity index (χ3n) is 2.46. The van der Waals surface area contributed by atoms with Crippen molar-refractivity contribution >= 4 is 5.78 Å². The normalized spacial score (nSPS) is 10.2. The van der Waals surface area contributed by atoms with E-state index in [4.69, 9.17) is 5.11 Å². The molecule has 0 radical (unpaired) electrons.